The molecule has 1 atom stereocenters. The van der Waals surface area contributed by atoms with Crippen LogP contribution in [-0.4, -0.2) is 24.1 Å². The number of hydrogen-bond donors (Lipinski definition) is 0. The number of ether oxygens (including phenoxy) is 1. The highest BCUT2D eigenvalue weighted by Crippen LogP contribution is 2.16. The molecule has 0 fully saturated rings. The molecule has 0 radical (unpaired) electrons. The quantitative estimate of drug-likeness (QED) is 0.448. The van der Waals surface area contributed by atoms with E-state index in [1.165, 1.54) is 6.92 Å². The normalized spacial score (nSPS) is 11.7. The zero-order chi connectivity index (χ0) is 14.4. The van der Waals surface area contributed by atoms with E-state index in [9.17, 15) is 14.4 Å². The van der Waals surface area contributed by atoms with Crippen molar-refractivity contribution in [3.8, 4) is 0 Å². The second kappa shape index (κ2) is 6.83. The summed E-state index contributed by atoms with van der Waals surface area (Å²) in [4.78, 5) is 35.2. The van der Waals surface area contributed by atoms with E-state index < -0.39 is 11.9 Å². The minimum absolute atomic E-state index is 0.120. The van der Waals surface area contributed by atoms with Crippen molar-refractivity contribution in [3.63, 3.8) is 0 Å². The number of hydrogen-bond acceptors (Lipinski definition) is 4. The molecule has 0 amide bonds. The molecule has 4 heteroatoms. The minimum atomic E-state index is -1.04. The van der Waals surface area contributed by atoms with Crippen molar-refractivity contribution in [2.24, 2.45) is 5.92 Å². The molecular formula is C15H18O4. The highest BCUT2D eigenvalue weighted by atomic mass is 16.5. The van der Waals surface area contributed by atoms with Crippen molar-refractivity contribution < 1.29 is 19.1 Å². The lowest BCUT2D eigenvalue weighted by Crippen LogP contribution is -2.28. The molecule has 1 aromatic carbocycles. The fraction of sp³-hybridized carbons (Fsp3) is 0.400. The Morgan fingerprint density at radius 3 is 2.21 bits per heavy atom. The molecule has 0 saturated heterocycles. The van der Waals surface area contributed by atoms with Gasteiger partial charge in [-0.05, 0) is 20.8 Å². The monoisotopic (exact) mass is 262 g/mol. The maximum Gasteiger partial charge on any atom is 0.317 e. The molecule has 0 aromatic heterocycles. The molecular weight excluding hydrogens is 244 g/mol. The highest BCUT2D eigenvalue weighted by Gasteiger charge is 2.30. The predicted octanol–water partition coefficient (Wildman–Crippen LogP) is 2.34. The second-order valence-corrected chi connectivity index (χ2v) is 4.44. The SMILES string of the molecule is CCOC(=O)C(CC(C)=O)C(=O)c1ccc(C)cc1. The number of carbonyl (C=O) groups is 3. The third-order valence-corrected chi connectivity index (χ3v) is 2.72. The fourth-order valence-electron chi connectivity index (χ4n) is 1.73. The van der Waals surface area contributed by atoms with Gasteiger partial charge in [0.25, 0.3) is 0 Å². The number of rotatable bonds is 6. The zero-order valence-electron chi connectivity index (χ0n) is 11.4. The van der Waals surface area contributed by atoms with Crippen molar-refractivity contribution >= 4 is 17.5 Å². The Bertz CT molecular complexity index is 473. The van der Waals surface area contributed by atoms with Gasteiger partial charge in [-0.2, -0.15) is 0 Å². The van der Waals surface area contributed by atoms with E-state index in [4.69, 9.17) is 4.74 Å². The molecule has 1 aromatic rings. The summed E-state index contributed by atoms with van der Waals surface area (Å²) in [5, 5.41) is 0. The van der Waals surface area contributed by atoms with Crippen LogP contribution in [0.25, 0.3) is 0 Å². The van der Waals surface area contributed by atoms with Gasteiger partial charge in [0.2, 0.25) is 0 Å². The molecule has 0 bridgehead atoms. The molecule has 0 N–H and O–H groups in total. The van der Waals surface area contributed by atoms with Gasteiger partial charge in [0.05, 0.1) is 6.61 Å². The lowest BCUT2D eigenvalue weighted by atomic mass is 9.93. The first-order chi connectivity index (χ1) is 8.95. The smallest absolute Gasteiger partial charge is 0.317 e. The van der Waals surface area contributed by atoms with Gasteiger partial charge in [0.15, 0.2) is 5.78 Å². The van der Waals surface area contributed by atoms with E-state index >= 15 is 0 Å². The fourth-order valence-corrected chi connectivity index (χ4v) is 1.73. The van der Waals surface area contributed by atoms with Gasteiger partial charge in [-0.15, -0.1) is 0 Å². The Balaban J connectivity index is 2.96. The third-order valence-electron chi connectivity index (χ3n) is 2.72. The van der Waals surface area contributed by atoms with Gasteiger partial charge in [-0.25, -0.2) is 0 Å². The van der Waals surface area contributed by atoms with Gasteiger partial charge in [0, 0.05) is 12.0 Å². The molecule has 1 unspecified atom stereocenters. The predicted molar refractivity (Wildman–Crippen MR) is 70.9 cm³/mol. The summed E-state index contributed by atoms with van der Waals surface area (Å²) in [6.07, 6.45) is -0.120. The van der Waals surface area contributed by atoms with Crippen LogP contribution < -0.4 is 0 Å². The average molecular weight is 262 g/mol. The van der Waals surface area contributed by atoms with Crippen molar-refractivity contribution in [1.82, 2.24) is 0 Å². The summed E-state index contributed by atoms with van der Waals surface area (Å²) in [6.45, 7) is 5.12. The van der Waals surface area contributed by atoms with Crippen LogP contribution in [0.2, 0.25) is 0 Å². The van der Waals surface area contributed by atoms with Gasteiger partial charge >= 0.3 is 5.97 Å². The maximum absolute atomic E-state index is 12.3. The van der Waals surface area contributed by atoms with Crippen LogP contribution in [0, 0.1) is 12.8 Å². The molecule has 1 rings (SSSR count). The van der Waals surface area contributed by atoms with Crippen LogP contribution in [0.3, 0.4) is 0 Å². The topological polar surface area (TPSA) is 60.4 Å². The highest BCUT2D eigenvalue weighted by molar-refractivity contribution is 6.10. The van der Waals surface area contributed by atoms with E-state index in [0.29, 0.717) is 5.56 Å². The summed E-state index contributed by atoms with van der Waals surface area (Å²) in [6, 6.07) is 6.90. The molecule has 102 valence electrons. The van der Waals surface area contributed by atoms with Crippen LogP contribution in [0.5, 0.6) is 0 Å². The van der Waals surface area contributed by atoms with Gasteiger partial charge in [0.1, 0.15) is 11.7 Å². The van der Waals surface area contributed by atoms with E-state index in [-0.39, 0.29) is 24.6 Å². The lowest BCUT2D eigenvalue weighted by molar-refractivity contribution is -0.147. The van der Waals surface area contributed by atoms with Crippen molar-refractivity contribution in [3.05, 3.63) is 35.4 Å². The Kier molecular flexibility index (Phi) is 5.42. The van der Waals surface area contributed by atoms with E-state index in [0.717, 1.165) is 5.56 Å². The number of benzene rings is 1. The first-order valence-corrected chi connectivity index (χ1v) is 6.22. The Hall–Kier alpha value is -1.97. The standard InChI is InChI=1S/C15H18O4/c1-4-19-15(18)13(9-11(3)16)14(17)12-7-5-10(2)6-8-12/h5-8,13H,4,9H2,1-3H3. The van der Waals surface area contributed by atoms with Gasteiger partial charge in [-0.1, -0.05) is 29.8 Å². The summed E-state index contributed by atoms with van der Waals surface area (Å²) in [7, 11) is 0. The number of esters is 1. The Labute approximate surface area is 112 Å². The van der Waals surface area contributed by atoms with Crippen LogP contribution in [0.4, 0.5) is 0 Å². The molecule has 0 aliphatic rings. The summed E-state index contributed by atoms with van der Waals surface area (Å²) in [5.74, 6) is -2.25. The third kappa shape index (κ3) is 4.32. The lowest BCUT2D eigenvalue weighted by Gasteiger charge is -2.13. The largest absolute Gasteiger partial charge is 0.465 e. The zero-order valence-corrected chi connectivity index (χ0v) is 11.4. The van der Waals surface area contributed by atoms with E-state index in [2.05, 4.69) is 0 Å². The van der Waals surface area contributed by atoms with E-state index in [1.54, 1.807) is 31.2 Å². The van der Waals surface area contributed by atoms with E-state index in [1.807, 2.05) is 6.92 Å². The van der Waals surface area contributed by atoms with Crippen molar-refractivity contribution in [1.29, 1.82) is 0 Å². The van der Waals surface area contributed by atoms with Crippen LogP contribution in [-0.2, 0) is 14.3 Å². The summed E-state index contributed by atoms with van der Waals surface area (Å²) >= 11 is 0. The number of Topliss-reactive ketones (excluding diaryl/α,β-unsaturated/α-hetero) is 2. The van der Waals surface area contributed by atoms with Crippen LogP contribution in [0.1, 0.15) is 36.2 Å². The maximum atomic E-state index is 12.3. The first kappa shape index (κ1) is 15.1. The number of aryl methyl sites for hydroxylation is 1. The van der Waals surface area contributed by atoms with Crippen molar-refractivity contribution in [2.75, 3.05) is 6.61 Å². The summed E-state index contributed by atoms with van der Waals surface area (Å²) < 4.78 is 4.86. The minimum Gasteiger partial charge on any atom is -0.465 e. The second-order valence-electron chi connectivity index (χ2n) is 4.44. The first-order valence-electron chi connectivity index (χ1n) is 6.22. The molecule has 19 heavy (non-hydrogen) atoms. The summed E-state index contributed by atoms with van der Waals surface area (Å²) in [5.41, 5.74) is 1.45. The number of ketones is 2. The molecule has 0 heterocycles. The molecule has 0 spiro atoms. The van der Waals surface area contributed by atoms with Gasteiger partial charge < -0.3 is 4.74 Å². The van der Waals surface area contributed by atoms with Gasteiger partial charge in [-0.3, -0.25) is 14.4 Å². The molecule has 0 saturated carbocycles. The Morgan fingerprint density at radius 2 is 1.74 bits per heavy atom. The Morgan fingerprint density at radius 1 is 1.16 bits per heavy atom. The molecule has 0 aliphatic carbocycles. The molecule has 4 nitrogen and oxygen atoms in total. The van der Waals surface area contributed by atoms with Crippen LogP contribution >= 0.6 is 0 Å². The average Bonchev–Trinajstić information content (AvgIpc) is 2.36. The van der Waals surface area contributed by atoms with Crippen LogP contribution in [0.15, 0.2) is 24.3 Å². The van der Waals surface area contributed by atoms with Crippen molar-refractivity contribution in [2.45, 2.75) is 27.2 Å². The molecule has 0 aliphatic heterocycles. The number of carbonyl (C=O) groups excluding carboxylic acids is 3.